The van der Waals surface area contributed by atoms with Crippen molar-refractivity contribution in [2.45, 2.75) is 18.4 Å². The van der Waals surface area contributed by atoms with Gasteiger partial charge in [-0.2, -0.15) is 5.10 Å². The number of ether oxygens (including phenoxy) is 3. The van der Waals surface area contributed by atoms with Gasteiger partial charge in [-0.25, -0.2) is 14.5 Å². The summed E-state index contributed by atoms with van der Waals surface area (Å²) in [5.74, 6) is -0.422. The van der Waals surface area contributed by atoms with E-state index in [1.165, 1.54) is 11.2 Å². The molecule has 0 spiro atoms. The summed E-state index contributed by atoms with van der Waals surface area (Å²) in [6.45, 7) is 4.57. The van der Waals surface area contributed by atoms with Gasteiger partial charge in [0.2, 0.25) is 5.79 Å². The van der Waals surface area contributed by atoms with Gasteiger partial charge in [-0.1, -0.05) is 29.3 Å². The summed E-state index contributed by atoms with van der Waals surface area (Å²) < 4.78 is 20.5. The lowest BCUT2D eigenvalue weighted by atomic mass is 10.1. The zero-order chi connectivity index (χ0) is 32.8. The molecule has 47 heavy (non-hydrogen) atoms. The van der Waals surface area contributed by atoms with Gasteiger partial charge in [-0.05, 0) is 60.7 Å². The molecule has 2 aliphatic rings. The second-order valence-electron chi connectivity index (χ2n) is 11.4. The highest BCUT2D eigenvalue weighted by Crippen LogP contribution is 2.40. The summed E-state index contributed by atoms with van der Waals surface area (Å²) in [6.07, 6.45) is 2.73. The number of nitrogens with one attached hydrogen (secondary N) is 1. The van der Waals surface area contributed by atoms with Crippen molar-refractivity contribution in [2.24, 2.45) is 0 Å². The van der Waals surface area contributed by atoms with Gasteiger partial charge in [0.15, 0.2) is 0 Å². The third kappa shape index (κ3) is 7.91. The van der Waals surface area contributed by atoms with E-state index in [2.05, 4.69) is 37.3 Å². The number of halogens is 2. The Kier molecular flexibility index (Phi) is 10.3. The minimum atomic E-state index is -1.16. The van der Waals surface area contributed by atoms with E-state index in [9.17, 15) is 4.79 Å². The molecular weight excluding hydrogens is 645 g/mol. The van der Waals surface area contributed by atoms with Gasteiger partial charge in [-0.3, -0.25) is 0 Å². The van der Waals surface area contributed by atoms with Crippen molar-refractivity contribution in [3.63, 3.8) is 0 Å². The molecule has 0 aliphatic carbocycles. The van der Waals surface area contributed by atoms with Crippen molar-refractivity contribution in [1.82, 2.24) is 19.7 Å². The number of carbonyl (C=O) groups is 1. The van der Waals surface area contributed by atoms with Crippen LogP contribution in [0, 0.1) is 0 Å². The van der Waals surface area contributed by atoms with Crippen LogP contribution in [0.1, 0.15) is 5.56 Å². The summed E-state index contributed by atoms with van der Waals surface area (Å²) in [6, 6.07) is 20.9. The standard InChI is InChI=1S/C33H37Cl2N7O5/c1-39(16-17-43)32(44)38-25-3-5-26(6-4-25)40-12-14-41(15-13-40)27-7-9-28(10-8-27)45-19-29-20-46-33(47-29,21-42-23-36-22-37-42)30-11-2-24(34)18-31(30)35/h2-11,18,22-23,29,43H,12-17,19-21H2,1H3,(H,38,44)/t29-,33-/m1/s1. The van der Waals surface area contributed by atoms with E-state index in [0.29, 0.717) is 34.5 Å². The van der Waals surface area contributed by atoms with Gasteiger partial charge in [-0.15, -0.1) is 0 Å². The molecule has 4 aromatic rings. The second kappa shape index (κ2) is 14.8. The van der Waals surface area contributed by atoms with Crippen LogP contribution in [0.3, 0.4) is 0 Å². The van der Waals surface area contributed by atoms with E-state index in [-0.39, 0.29) is 31.8 Å². The molecule has 3 aromatic carbocycles. The Morgan fingerprint density at radius 2 is 1.72 bits per heavy atom. The molecule has 2 atom stereocenters. The first kappa shape index (κ1) is 32.9. The van der Waals surface area contributed by atoms with Gasteiger partial charge in [0.1, 0.15) is 37.7 Å². The molecule has 248 valence electrons. The highest BCUT2D eigenvalue weighted by Gasteiger charge is 2.45. The predicted molar refractivity (Wildman–Crippen MR) is 181 cm³/mol. The average Bonchev–Trinajstić information content (AvgIpc) is 3.75. The molecule has 0 unspecified atom stereocenters. The van der Waals surface area contributed by atoms with Crippen LogP contribution in [-0.2, 0) is 21.8 Å². The topological polar surface area (TPSA) is 117 Å². The van der Waals surface area contributed by atoms with Gasteiger partial charge in [0.05, 0.1) is 18.2 Å². The van der Waals surface area contributed by atoms with Crippen molar-refractivity contribution < 1.29 is 24.1 Å². The van der Waals surface area contributed by atoms with Crippen LogP contribution in [0.15, 0.2) is 79.4 Å². The Morgan fingerprint density at radius 1 is 1.04 bits per heavy atom. The molecule has 2 amide bonds. The van der Waals surface area contributed by atoms with Crippen LogP contribution < -0.4 is 19.9 Å². The molecule has 1 aromatic heterocycles. The highest BCUT2D eigenvalue weighted by molar-refractivity contribution is 6.35. The fourth-order valence-corrected chi connectivity index (χ4v) is 6.23. The molecule has 3 heterocycles. The molecule has 2 fully saturated rings. The van der Waals surface area contributed by atoms with Gasteiger partial charge < -0.3 is 39.3 Å². The average molecular weight is 683 g/mol. The van der Waals surface area contributed by atoms with Crippen LogP contribution >= 0.6 is 23.2 Å². The number of rotatable bonds is 11. The second-order valence-corrected chi connectivity index (χ2v) is 12.3. The Morgan fingerprint density at radius 3 is 2.34 bits per heavy atom. The third-order valence-corrected chi connectivity index (χ3v) is 8.77. The van der Waals surface area contributed by atoms with Gasteiger partial charge in [0, 0.05) is 67.4 Å². The number of aliphatic hydroxyl groups excluding tert-OH is 1. The maximum Gasteiger partial charge on any atom is 0.321 e. The van der Waals surface area contributed by atoms with Crippen LogP contribution in [0.4, 0.5) is 21.9 Å². The Labute approximate surface area is 283 Å². The minimum Gasteiger partial charge on any atom is -0.491 e. The van der Waals surface area contributed by atoms with Crippen molar-refractivity contribution >= 4 is 46.3 Å². The van der Waals surface area contributed by atoms with E-state index >= 15 is 0 Å². The normalized spacial score (nSPS) is 19.5. The Hall–Kier alpha value is -4.07. The third-order valence-electron chi connectivity index (χ3n) is 8.22. The van der Waals surface area contributed by atoms with Crippen molar-refractivity contribution in [3.05, 3.63) is 95.0 Å². The maximum atomic E-state index is 12.2. The first-order valence-corrected chi connectivity index (χ1v) is 16.1. The highest BCUT2D eigenvalue weighted by atomic mass is 35.5. The minimum absolute atomic E-state index is 0.0747. The Balaban J connectivity index is 0.997. The number of piperazine rings is 1. The number of hydrogen-bond acceptors (Lipinski definition) is 9. The lowest BCUT2D eigenvalue weighted by Crippen LogP contribution is -2.46. The Bertz CT molecular complexity index is 1620. The quantitative estimate of drug-likeness (QED) is 0.232. The number of carbonyl (C=O) groups excluding carboxylic acids is 1. The zero-order valence-electron chi connectivity index (χ0n) is 26.0. The molecule has 12 nitrogen and oxygen atoms in total. The summed E-state index contributed by atoms with van der Waals surface area (Å²) in [5, 5.41) is 17.1. The SMILES string of the molecule is CN(CCO)C(=O)Nc1ccc(N2CCN(c3ccc(OC[C@@H]4CO[C@@](Cn5cncn5)(c5ccc(Cl)cc5Cl)O4)cc3)CC2)cc1. The van der Waals surface area contributed by atoms with Crippen molar-refractivity contribution in [3.8, 4) is 5.75 Å². The lowest BCUT2D eigenvalue weighted by molar-refractivity contribution is -0.190. The number of urea groups is 1. The lowest BCUT2D eigenvalue weighted by Gasteiger charge is -2.37. The number of hydrogen-bond donors (Lipinski definition) is 2. The van der Waals surface area contributed by atoms with Crippen LogP contribution in [0.5, 0.6) is 5.75 Å². The molecule has 0 bridgehead atoms. The van der Waals surface area contributed by atoms with E-state index in [4.69, 9.17) is 42.5 Å². The zero-order valence-corrected chi connectivity index (χ0v) is 27.5. The summed E-state index contributed by atoms with van der Waals surface area (Å²) in [5.41, 5.74) is 3.62. The number of nitrogens with zero attached hydrogens (tertiary/aromatic N) is 6. The monoisotopic (exact) mass is 681 g/mol. The summed E-state index contributed by atoms with van der Waals surface area (Å²) in [4.78, 5) is 22.3. The smallest absolute Gasteiger partial charge is 0.321 e. The summed E-state index contributed by atoms with van der Waals surface area (Å²) in [7, 11) is 1.65. The van der Waals surface area contributed by atoms with E-state index in [1.807, 2.05) is 42.5 Å². The molecule has 0 saturated carbocycles. The first-order chi connectivity index (χ1) is 22.8. The van der Waals surface area contributed by atoms with E-state index in [1.54, 1.807) is 30.2 Å². The van der Waals surface area contributed by atoms with Crippen LogP contribution in [-0.4, -0.2) is 96.5 Å². The fraction of sp³-hybridized carbons (Fsp3) is 0.364. The van der Waals surface area contributed by atoms with Crippen molar-refractivity contribution in [1.29, 1.82) is 0 Å². The van der Waals surface area contributed by atoms with Crippen molar-refractivity contribution in [2.75, 3.05) is 74.7 Å². The molecular formula is C33H37Cl2N7O5. The maximum absolute atomic E-state index is 12.2. The first-order valence-electron chi connectivity index (χ1n) is 15.4. The van der Waals surface area contributed by atoms with Gasteiger partial charge >= 0.3 is 6.03 Å². The number of aromatic nitrogens is 3. The number of benzene rings is 3. The van der Waals surface area contributed by atoms with Gasteiger partial charge in [0.25, 0.3) is 0 Å². The fourth-order valence-electron chi connectivity index (χ4n) is 5.67. The molecule has 0 radical (unpaired) electrons. The molecule has 6 rings (SSSR count). The molecule has 14 heteroatoms. The number of aliphatic hydroxyl groups is 1. The number of amides is 2. The predicted octanol–water partition coefficient (Wildman–Crippen LogP) is 4.71. The van der Waals surface area contributed by atoms with E-state index < -0.39 is 5.79 Å². The van der Waals surface area contributed by atoms with E-state index in [0.717, 1.165) is 43.3 Å². The number of anilines is 3. The molecule has 2 aliphatic heterocycles. The molecule has 2 N–H and O–H groups in total. The largest absolute Gasteiger partial charge is 0.491 e. The number of likely N-dealkylation sites (N-methyl/N-ethyl adjacent to an activating group) is 1. The van der Waals surface area contributed by atoms with Crippen LogP contribution in [0.25, 0.3) is 0 Å². The van der Waals surface area contributed by atoms with Crippen LogP contribution in [0.2, 0.25) is 10.0 Å². The molecule has 2 saturated heterocycles. The summed E-state index contributed by atoms with van der Waals surface area (Å²) >= 11 is 12.7.